The van der Waals surface area contributed by atoms with Crippen molar-refractivity contribution in [2.75, 3.05) is 0 Å². The fraction of sp³-hybridized carbons (Fsp3) is 0.111. The molecule has 0 amide bonds. The van der Waals surface area contributed by atoms with Crippen LogP contribution in [-0.4, -0.2) is 27.5 Å². The van der Waals surface area contributed by atoms with Gasteiger partial charge >= 0.3 is 5.97 Å². The molecule has 1 aromatic heterocycles. The standard InChI is InChI=1S/C9H7N3O2/c13-9(14)8-4-7(11-12-8)6-2-1-3-10-5-6/h1-3,5H,4H2,(H,13,14). The summed E-state index contributed by atoms with van der Waals surface area (Å²) < 4.78 is 0. The third kappa shape index (κ3) is 1.52. The van der Waals surface area contributed by atoms with Gasteiger partial charge in [0.05, 0.1) is 5.71 Å². The zero-order chi connectivity index (χ0) is 9.97. The molecule has 0 aromatic carbocycles. The maximum Gasteiger partial charge on any atom is 0.352 e. The van der Waals surface area contributed by atoms with Crippen molar-refractivity contribution in [3.05, 3.63) is 30.1 Å². The van der Waals surface area contributed by atoms with E-state index in [4.69, 9.17) is 5.11 Å². The molecule has 2 rings (SSSR count). The van der Waals surface area contributed by atoms with Crippen LogP contribution in [-0.2, 0) is 4.79 Å². The van der Waals surface area contributed by atoms with Crippen molar-refractivity contribution >= 4 is 17.4 Å². The highest BCUT2D eigenvalue weighted by molar-refractivity contribution is 6.41. The second kappa shape index (κ2) is 3.37. The molecule has 1 aliphatic heterocycles. The molecule has 5 nitrogen and oxygen atoms in total. The Kier molecular flexibility index (Phi) is 2.06. The van der Waals surface area contributed by atoms with Gasteiger partial charge in [-0.15, -0.1) is 5.10 Å². The summed E-state index contributed by atoms with van der Waals surface area (Å²) in [5.74, 6) is -1.02. The highest BCUT2D eigenvalue weighted by atomic mass is 16.4. The minimum atomic E-state index is -1.02. The average molecular weight is 189 g/mol. The van der Waals surface area contributed by atoms with Gasteiger partial charge in [-0.2, -0.15) is 5.10 Å². The van der Waals surface area contributed by atoms with Gasteiger partial charge in [0, 0.05) is 24.4 Å². The molecule has 2 heterocycles. The highest BCUT2D eigenvalue weighted by Crippen LogP contribution is 2.10. The van der Waals surface area contributed by atoms with E-state index in [-0.39, 0.29) is 12.1 Å². The van der Waals surface area contributed by atoms with E-state index in [0.29, 0.717) is 5.71 Å². The number of aliphatic carboxylic acids is 1. The molecule has 0 radical (unpaired) electrons. The van der Waals surface area contributed by atoms with E-state index in [1.54, 1.807) is 18.5 Å². The van der Waals surface area contributed by atoms with Gasteiger partial charge in [-0.1, -0.05) is 0 Å². The topological polar surface area (TPSA) is 74.9 Å². The fourth-order valence-corrected chi connectivity index (χ4v) is 1.16. The van der Waals surface area contributed by atoms with Gasteiger partial charge in [0.2, 0.25) is 0 Å². The number of carboxylic acid groups (broad SMARTS) is 1. The first-order chi connectivity index (χ1) is 6.77. The number of pyridine rings is 1. The molecule has 0 aliphatic carbocycles. The molecule has 1 N–H and O–H groups in total. The van der Waals surface area contributed by atoms with Crippen molar-refractivity contribution in [1.82, 2.24) is 4.98 Å². The summed E-state index contributed by atoms with van der Waals surface area (Å²) in [6.45, 7) is 0. The van der Waals surface area contributed by atoms with Crippen LogP contribution < -0.4 is 0 Å². The minimum Gasteiger partial charge on any atom is -0.477 e. The van der Waals surface area contributed by atoms with E-state index in [1.807, 2.05) is 6.07 Å². The second-order valence-electron chi connectivity index (χ2n) is 2.82. The Labute approximate surface area is 79.8 Å². The van der Waals surface area contributed by atoms with Gasteiger partial charge in [0.25, 0.3) is 0 Å². The smallest absolute Gasteiger partial charge is 0.352 e. The van der Waals surface area contributed by atoms with E-state index < -0.39 is 5.97 Å². The molecule has 0 unspecified atom stereocenters. The lowest BCUT2D eigenvalue weighted by Gasteiger charge is -1.96. The lowest BCUT2D eigenvalue weighted by Crippen LogP contribution is -2.13. The Morgan fingerprint density at radius 1 is 1.43 bits per heavy atom. The Hall–Kier alpha value is -2.04. The molecule has 0 atom stereocenters. The predicted octanol–water partition coefficient (Wildman–Crippen LogP) is 0.715. The van der Waals surface area contributed by atoms with E-state index in [0.717, 1.165) is 5.56 Å². The molecule has 1 aromatic rings. The zero-order valence-corrected chi connectivity index (χ0v) is 7.21. The molecular formula is C9H7N3O2. The molecule has 0 fully saturated rings. The predicted molar refractivity (Wildman–Crippen MR) is 50.5 cm³/mol. The molecule has 0 saturated heterocycles. The van der Waals surface area contributed by atoms with Crippen LogP contribution in [0.3, 0.4) is 0 Å². The number of carboxylic acids is 1. The van der Waals surface area contributed by atoms with Crippen LogP contribution in [0.5, 0.6) is 0 Å². The largest absolute Gasteiger partial charge is 0.477 e. The van der Waals surface area contributed by atoms with Crippen molar-refractivity contribution in [3.63, 3.8) is 0 Å². The molecule has 1 aliphatic rings. The fourth-order valence-electron chi connectivity index (χ4n) is 1.16. The van der Waals surface area contributed by atoms with Crippen LogP contribution in [0.25, 0.3) is 0 Å². The molecular weight excluding hydrogens is 182 g/mol. The van der Waals surface area contributed by atoms with Crippen molar-refractivity contribution in [1.29, 1.82) is 0 Å². The van der Waals surface area contributed by atoms with Gasteiger partial charge in [-0.25, -0.2) is 4.79 Å². The van der Waals surface area contributed by atoms with Gasteiger partial charge < -0.3 is 5.11 Å². The summed E-state index contributed by atoms with van der Waals surface area (Å²) in [4.78, 5) is 14.5. The van der Waals surface area contributed by atoms with E-state index >= 15 is 0 Å². The van der Waals surface area contributed by atoms with Crippen molar-refractivity contribution in [2.24, 2.45) is 10.2 Å². The number of nitrogens with zero attached hydrogens (tertiary/aromatic N) is 3. The zero-order valence-electron chi connectivity index (χ0n) is 7.21. The third-order valence-corrected chi connectivity index (χ3v) is 1.87. The quantitative estimate of drug-likeness (QED) is 0.744. The lowest BCUT2D eigenvalue weighted by molar-refractivity contribution is -0.129. The first-order valence-electron chi connectivity index (χ1n) is 4.04. The molecule has 14 heavy (non-hydrogen) atoms. The summed E-state index contributed by atoms with van der Waals surface area (Å²) in [7, 11) is 0. The highest BCUT2D eigenvalue weighted by Gasteiger charge is 2.19. The van der Waals surface area contributed by atoms with Gasteiger partial charge in [0.15, 0.2) is 5.71 Å². The first kappa shape index (κ1) is 8.55. The maximum atomic E-state index is 10.6. The van der Waals surface area contributed by atoms with E-state index in [1.165, 1.54) is 0 Å². The van der Waals surface area contributed by atoms with Crippen LogP contribution in [0.4, 0.5) is 0 Å². The third-order valence-electron chi connectivity index (χ3n) is 1.87. The SMILES string of the molecule is O=C(O)C1=NN=C(c2cccnc2)C1. The number of rotatable bonds is 2. The van der Waals surface area contributed by atoms with Crippen molar-refractivity contribution in [2.45, 2.75) is 6.42 Å². The monoisotopic (exact) mass is 189 g/mol. The Balaban J connectivity index is 2.17. The van der Waals surface area contributed by atoms with Crippen LogP contribution in [0.2, 0.25) is 0 Å². The molecule has 70 valence electrons. The minimum absolute atomic E-state index is 0.0730. The Morgan fingerprint density at radius 3 is 2.86 bits per heavy atom. The lowest BCUT2D eigenvalue weighted by atomic mass is 10.1. The van der Waals surface area contributed by atoms with E-state index in [2.05, 4.69) is 15.2 Å². The summed E-state index contributed by atoms with van der Waals surface area (Å²) in [5.41, 5.74) is 1.53. The van der Waals surface area contributed by atoms with Gasteiger partial charge in [-0.3, -0.25) is 4.98 Å². The summed E-state index contributed by atoms with van der Waals surface area (Å²) in [6, 6.07) is 3.60. The molecule has 5 heteroatoms. The van der Waals surface area contributed by atoms with Crippen LogP contribution in [0, 0.1) is 0 Å². The summed E-state index contributed by atoms with van der Waals surface area (Å²) in [5, 5.41) is 16.0. The van der Waals surface area contributed by atoms with E-state index in [9.17, 15) is 4.79 Å². The van der Waals surface area contributed by atoms with Crippen LogP contribution in [0.1, 0.15) is 12.0 Å². The van der Waals surface area contributed by atoms with Crippen molar-refractivity contribution < 1.29 is 9.90 Å². The molecule has 0 saturated carbocycles. The molecule has 0 spiro atoms. The Bertz CT molecular complexity index is 423. The van der Waals surface area contributed by atoms with Crippen LogP contribution >= 0.6 is 0 Å². The number of hydrogen-bond acceptors (Lipinski definition) is 4. The normalized spacial score (nSPS) is 14.9. The summed E-state index contributed by atoms with van der Waals surface area (Å²) >= 11 is 0. The van der Waals surface area contributed by atoms with Crippen LogP contribution in [0.15, 0.2) is 34.7 Å². The molecule has 0 bridgehead atoms. The van der Waals surface area contributed by atoms with Crippen molar-refractivity contribution in [3.8, 4) is 0 Å². The number of aromatic nitrogens is 1. The Morgan fingerprint density at radius 2 is 2.29 bits per heavy atom. The summed E-state index contributed by atoms with van der Waals surface area (Å²) in [6.07, 6.45) is 3.55. The average Bonchev–Trinajstić information content (AvgIpc) is 2.68. The number of carbonyl (C=O) groups is 1. The first-order valence-corrected chi connectivity index (χ1v) is 4.04. The second-order valence-corrected chi connectivity index (χ2v) is 2.82. The maximum absolute atomic E-state index is 10.6. The van der Waals surface area contributed by atoms with Gasteiger partial charge in [-0.05, 0) is 12.1 Å². The number of hydrogen-bond donors (Lipinski definition) is 1. The van der Waals surface area contributed by atoms with Gasteiger partial charge in [0.1, 0.15) is 0 Å².